The highest BCUT2D eigenvalue weighted by Crippen LogP contribution is 2.16. The molecule has 3 aromatic rings. The smallest absolute Gasteiger partial charge is 0.305 e. The predicted molar refractivity (Wildman–Crippen MR) is 113 cm³/mol. The van der Waals surface area contributed by atoms with E-state index in [0.717, 1.165) is 13.1 Å². The van der Waals surface area contributed by atoms with E-state index in [9.17, 15) is 14.0 Å². The van der Waals surface area contributed by atoms with Crippen LogP contribution in [0.3, 0.4) is 0 Å². The molecular weight excluding hydrogens is 417 g/mol. The van der Waals surface area contributed by atoms with E-state index in [1.165, 1.54) is 16.8 Å². The van der Waals surface area contributed by atoms with Crippen LogP contribution in [-0.4, -0.2) is 50.0 Å². The number of hydrazine groups is 1. The van der Waals surface area contributed by atoms with Gasteiger partial charge in [0.1, 0.15) is 23.4 Å². The Kier molecular flexibility index (Phi) is 7.66. The van der Waals surface area contributed by atoms with Gasteiger partial charge in [-0.2, -0.15) is 0 Å². The lowest BCUT2D eigenvalue weighted by atomic mass is 10.1. The standard InChI is InChI=1S/C21H26FN7O3/c1-4-28(5-2)13-17-10-11-19(32-17)21(31)25-24-20(30)18(29-14(3)23-26-27-29)12-15-6-8-16(22)9-7-15/h6-11,18H,4-5,12-13H2,1-3H3,(H,24,30)(H,25,31). The summed E-state index contributed by atoms with van der Waals surface area (Å²) in [7, 11) is 0. The Balaban J connectivity index is 1.66. The largest absolute Gasteiger partial charge is 0.454 e. The van der Waals surface area contributed by atoms with Gasteiger partial charge in [-0.1, -0.05) is 26.0 Å². The predicted octanol–water partition coefficient (Wildman–Crippen LogP) is 1.80. The van der Waals surface area contributed by atoms with Crippen LogP contribution in [0.2, 0.25) is 0 Å². The lowest BCUT2D eigenvalue weighted by Gasteiger charge is -2.18. The monoisotopic (exact) mass is 443 g/mol. The van der Waals surface area contributed by atoms with Crippen molar-refractivity contribution >= 4 is 11.8 Å². The fraction of sp³-hybridized carbons (Fsp3) is 0.381. The number of carbonyl (C=O) groups is 2. The summed E-state index contributed by atoms with van der Waals surface area (Å²) in [5.41, 5.74) is 5.47. The first-order chi connectivity index (χ1) is 15.4. The summed E-state index contributed by atoms with van der Waals surface area (Å²) in [5, 5.41) is 11.3. The Labute approximate surface area is 184 Å². The second-order valence-corrected chi connectivity index (χ2v) is 7.19. The lowest BCUT2D eigenvalue weighted by Crippen LogP contribution is -2.45. The number of tetrazole rings is 1. The van der Waals surface area contributed by atoms with E-state index < -0.39 is 17.9 Å². The highest BCUT2D eigenvalue weighted by atomic mass is 19.1. The Morgan fingerprint density at radius 2 is 1.84 bits per heavy atom. The number of amides is 2. The van der Waals surface area contributed by atoms with E-state index >= 15 is 0 Å². The van der Waals surface area contributed by atoms with E-state index in [4.69, 9.17) is 4.42 Å². The Bertz CT molecular complexity index is 1040. The lowest BCUT2D eigenvalue weighted by molar-refractivity contribution is -0.125. The van der Waals surface area contributed by atoms with Gasteiger partial charge in [0.25, 0.3) is 5.91 Å². The second kappa shape index (κ2) is 10.6. The highest BCUT2D eigenvalue weighted by molar-refractivity contribution is 5.93. The van der Waals surface area contributed by atoms with E-state index in [2.05, 4.69) is 31.3 Å². The number of furan rings is 1. The van der Waals surface area contributed by atoms with Crippen LogP contribution in [0.25, 0.3) is 0 Å². The van der Waals surface area contributed by atoms with Crippen molar-refractivity contribution in [3.8, 4) is 0 Å². The summed E-state index contributed by atoms with van der Waals surface area (Å²) in [6.07, 6.45) is 0.197. The molecule has 0 aliphatic carbocycles. The zero-order valence-corrected chi connectivity index (χ0v) is 18.2. The fourth-order valence-corrected chi connectivity index (χ4v) is 3.18. The molecule has 2 heterocycles. The van der Waals surface area contributed by atoms with E-state index in [0.29, 0.717) is 23.7 Å². The molecule has 2 amide bonds. The Morgan fingerprint density at radius 1 is 1.12 bits per heavy atom. The number of aryl methyl sites for hydroxylation is 1. The Hall–Kier alpha value is -3.60. The molecule has 0 saturated carbocycles. The van der Waals surface area contributed by atoms with Crippen LogP contribution >= 0.6 is 0 Å². The van der Waals surface area contributed by atoms with Crippen LogP contribution in [0.4, 0.5) is 4.39 Å². The molecule has 32 heavy (non-hydrogen) atoms. The van der Waals surface area contributed by atoms with Gasteiger partial charge < -0.3 is 4.42 Å². The van der Waals surface area contributed by atoms with Gasteiger partial charge in [-0.25, -0.2) is 9.07 Å². The number of carbonyl (C=O) groups excluding carboxylic acids is 2. The summed E-state index contributed by atoms with van der Waals surface area (Å²) in [6, 6.07) is 8.21. The number of halogens is 1. The SMILES string of the molecule is CCN(CC)Cc1ccc(C(=O)NNC(=O)C(Cc2ccc(F)cc2)n2nnnc2C)o1. The van der Waals surface area contributed by atoms with Crippen molar-refractivity contribution in [3.05, 3.63) is 65.1 Å². The molecule has 0 spiro atoms. The highest BCUT2D eigenvalue weighted by Gasteiger charge is 2.25. The summed E-state index contributed by atoms with van der Waals surface area (Å²) in [6.45, 7) is 8.06. The van der Waals surface area contributed by atoms with Crippen molar-refractivity contribution < 1.29 is 18.4 Å². The van der Waals surface area contributed by atoms with Gasteiger partial charge in [0, 0.05) is 6.42 Å². The molecule has 0 aliphatic rings. The average molecular weight is 443 g/mol. The molecular formula is C21H26FN7O3. The third-order valence-electron chi connectivity index (χ3n) is 5.06. The fourth-order valence-electron chi connectivity index (χ4n) is 3.18. The third kappa shape index (κ3) is 5.76. The Morgan fingerprint density at radius 3 is 2.47 bits per heavy atom. The van der Waals surface area contributed by atoms with Crippen LogP contribution in [0.1, 0.15) is 47.6 Å². The van der Waals surface area contributed by atoms with Crippen molar-refractivity contribution in [2.75, 3.05) is 13.1 Å². The summed E-state index contributed by atoms with van der Waals surface area (Å²) in [4.78, 5) is 27.5. The van der Waals surface area contributed by atoms with E-state index in [-0.39, 0.29) is 18.0 Å². The van der Waals surface area contributed by atoms with Gasteiger partial charge in [-0.15, -0.1) is 5.10 Å². The molecule has 10 nitrogen and oxygen atoms in total. The third-order valence-corrected chi connectivity index (χ3v) is 5.06. The van der Waals surface area contributed by atoms with E-state index in [1.54, 1.807) is 31.2 Å². The summed E-state index contributed by atoms with van der Waals surface area (Å²) in [5.74, 6) is -0.332. The minimum absolute atomic E-state index is 0.0844. The first-order valence-electron chi connectivity index (χ1n) is 10.3. The van der Waals surface area contributed by atoms with Crippen LogP contribution in [-0.2, 0) is 17.8 Å². The maximum atomic E-state index is 13.2. The van der Waals surface area contributed by atoms with Gasteiger partial charge in [-0.3, -0.25) is 25.3 Å². The minimum atomic E-state index is -0.856. The molecule has 11 heteroatoms. The number of nitrogens with zero attached hydrogens (tertiary/aromatic N) is 5. The molecule has 1 unspecified atom stereocenters. The number of nitrogens with one attached hydrogen (secondary N) is 2. The molecule has 0 fully saturated rings. The van der Waals surface area contributed by atoms with Gasteiger partial charge in [-0.05, 0) is 60.3 Å². The molecule has 2 N–H and O–H groups in total. The van der Waals surface area contributed by atoms with Crippen molar-refractivity contribution in [1.82, 2.24) is 36.0 Å². The zero-order valence-electron chi connectivity index (χ0n) is 18.2. The molecule has 170 valence electrons. The second-order valence-electron chi connectivity index (χ2n) is 7.19. The van der Waals surface area contributed by atoms with Gasteiger partial charge in [0.15, 0.2) is 5.76 Å². The van der Waals surface area contributed by atoms with Crippen molar-refractivity contribution in [2.24, 2.45) is 0 Å². The van der Waals surface area contributed by atoms with Gasteiger partial charge >= 0.3 is 5.91 Å². The first kappa shape index (κ1) is 23.1. The number of hydrogen-bond acceptors (Lipinski definition) is 7. The normalized spacial score (nSPS) is 12.0. The summed E-state index contributed by atoms with van der Waals surface area (Å²) < 4.78 is 20.2. The molecule has 0 radical (unpaired) electrons. The minimum Gasteiger partial charge on any atom is -0.454 e. The topological polar surface area (TPSA) is 118 Å². The van der Waals surface area contributed by atoms with Gasteiger partial charge in [0.2, 0.25) is 0 Å². The maximum absolute atomic E-state index is 13.2. The molecule has 0 aliphatic heterocycles. The number of benzene rings is 1. The summed E-state index contributed by atoms with van der Waals surface area (Å²) >= 11 is 0. The van der Waals surface area contributed by atoms with Crippen molar-refractivity contribution in [2.45, 2.75) is 39.8 Å². The van der Waals surface area contributed by atoms with Crippen LogP contribution in [0, 0.1) is 12.7 Å². The first-order valence-corrected chi connectivity index (χ1v) is 10.3. The van der Waals surface area contributed by atoms with Crippen LogP contribution in [0.5, 0.6) is 0 Å². The number of hydrogen-bond donors (Lipinski definition) is 2. The van der Waals surface area contributed by atoms with Gasteiger partial charge in [0.05, 0.1) is 6.54 Å². The van der Waals surface area contributed by atoms with Crippen molar-refractivity contribution in [3.63, 3.8) is 0 Å². The zero-order chi connectivity index (χ0) is 23.1. The number of aromatic nitrogens is 4. The molecule has 0 bridgehead atoms. The molecule has 1 atom stereocenters. The average Bonchev–Trinajstić information content (AvgIpc) is 3.44. The quantitative estimate of drug-likeness (QED) is 0.484. The molecule has 2 aromatic heterocycles. The van der Waals surface area contributed by atoms with Crippen LogP contribution in [0.15, 0.2) is 40.8 Å². The van der Waals surface area contributed by atoms with Crippen molar-refractivity contribution in [1.29, 1.82) is 0 Å². The maximum Gasteiger partial charge on any atom is 0.305 e. The molecule has 0 saturated heterocycles. The number of rotatable bonds is 9. The van der Waals surface area contributed by atoms with Crippen LogP contribution < -0.4 is 10.9 Å². The van der Waals surface area contributed by atoms with E-state index in [1.807, 2.05) is 13.8 Å². The molecule has 3 rings (SSSR count). The molecule has 1 aromatic carbocycles.